The van der Waals surface area contributed by atoms with Gasteiger partial charge < -0.3 is 20.7 Å². The number of carbonyl (C=O) groups excluding carboxylic acids is 1. The first-order chi connectivity index (χ1) is 10.0. The predicted octanol–water partition coefficient (Wildman–Crippen LogP) is 0.108. The molecule has 0 amide bonds. The number of nitrogens with two attached hydrogens (primary N) is 1. The van der Waals surface area contributed by atoms with E-state index in [0.717, 1.165) is 19.6 Å². The lowest BCUT2D eigenvalue weighted by Gasteiger charge is -2.37. The van der Waals surface area contributed by atoms with E-state index in [1.807, 2.05) is 0 Å². The third-order valence-electron chi connectivity index (χ3n) is 3.80. The molecule has 7 nitrogen and oxygen atoms in total. The summed E-state index contributed by atoms with van der Waals surface area (Å²) in [5.74, 6) is 0.0732. The molecular weight excluding hydrogens is 270 g/mol. The van der Waals surface area contributed by atoms with Crippen LogP contribution >= 0.6 is 0 Å². The van der Waals surface area contributed by atoms with Crippen LogP contribution in [0.5, 0.6) is 0 Å². The van der Waals surface area contributed by atoms with Gasteiger partial charge in [0.05, 0.1) is 19.0 Å². The Morgan fingerprint density at radius 3 is 3.00 bits per heavy atom. The van der Waals surface area contributed by atoms with Gasteiger partial charge in [0.1, 0.15) is 11.4 Å². The van der Waals surface area contributed by atoms with E-state index in [-0.39, 0.29) is 0 Å². The molecule has 0 aromatic carbocycles. The molecule has 2 heterocycles. The first-order valence-corrected chi connectivity index (χ1v) is 6.97. The molecule has 1 saturated heterocycles. The van der Waals surface area contributed by atoms with E-state index >= 15 is 0 Å². The van der Waals surface area contributed by atoms with Gasteiger partial charge in [-0.25, -0.2) is 9.78 Å². The minimum atomic E-state index is -0.439. The lowest BCUT2D eigenvalue weighted by Crippen LogP contribution is -2.52. The van der Waals surface area contributed by atoms with Gasteiger partial charge in [0.15, 0.2) is 0 Å². The molecule has 21 heavy (non-hydrogen) atoms. The van der Waals surface area contributed by atoms with E-state index < -0.39 is 5.97 Å². The standard InChI is InChI=1S/C14H23N5O2/c1-18-4-5-19(2)11(9-18)8-17-13-12(14(20)21-3)6-10(15)7-16-13/h6-7,11H,4-5,8-9,15H2,1-3H3,(H,16,17). The number of piperazine rings is 1. The van der Waals surface area contributed by atoms with Crippen LogP contribution in [0.25, 0.3) is 0 Å². The van der Waals surface area contributed by atoms with Crippen LogP contribution in [-0.4, -0.2) is 74.2 Å². The molecule has 2 rings (SSSR count). The summed E-state index contributed by atoms with van der Waals surface area (Å²) < 4.78 is 4.77. The number of methoxy groups -OCH3 is 1. The van der Waals surface area contributed by atoms with Crippen molar-refractivity contribution in [3.63, 3.8) is 0 Å². The Hall–Kier alpha value is -1.86. The van der Waals surface area contributed by atoms with Crippen LogP contribution < -0.4 is 11.1 Å². The molecule has 3 N–H and O–H groups in total. The number of nitrogens with zero attached hydrogens (tertiary/aromatic N) is 3. The maximum absolute atomic E-state index is 11.8. The number of aromatic nitrogens is 1. The summed E-state index contributed by atoms with van der Waals surface area (Å²) in [4.78, 5) is 20.6. The number of anilines is 2. The second-order valence-electron chi connectivity index (χ2n) is 5.43. The number of pyridine rings is 1. The topological polar surface area (TPSA) is 83.7 Å². The zero-order chi connectivity index (χ0) is 15.4. The highest BCUT2D eigenvalue weighted by atomic mass is 16.5. The first kappa shape index (κ1) is 15.5. The summed E-state index contributed by atoms with van der Waals surface area (Å²) in [5.41, 5.74) is 6.49. The Morgan fingerprint density at radius 1 is 1.52 bits per heavy atom. The van der Waals surface area contributed by atoms with Crippen molar-refractivity contribution in [2.75, 3.05) is 58.4 Å². The van der Waals surface area contributed by atoms with Crippen molar-refractivity contribution < 1.29 is 9.53 Å². The number of ether oxygens (including phenoxy) is 1. The maximum Gasteiger partial charge on any atom is 0.341 e. The molecule has 0 radical (unpaired) electrons. The van der Waals surface area contributed by atoms with Gasteiger partial charge in [-0.05, 0) is 20.2 Å². The fourth-order valence-corrected chi connectivity index (χ4v) is 2.42. The molecule has 0 bridgehead atoms. The molecule has 1 aliphatic heterocycles. The summed E-state index contributed by atoms with van der Waals surface area (Å²) in [5, 5.41) is 3.24. The SMILES string of the molecule is COC(=O)c1cc(N)cnc1NCC1CN(C)CCN1C. The van der Waals surface area contributed by atoms with Crippen molar-refractivity contribution in [1.29, 1.82) is 0 Å². The van der Waals surface area contributed by atoms with Gasteiger partial charge in [-0.3, -0.25) is 4.90 Å². The van der Waals surface area contributed by atoms with Crippen LogP contribution in [0.2, 0.25) is 0 Å². The number of likely N-dealkylation sites (N-methyl/N-ethyl adjacent to an activating group) is 2. The summed E-state index contributed by atoms with van der Waals surface area (Å²) in [7, 11) is 5.57. The van der Waals surface area contributed by atoms with Crippen molar-refractivity contribution in [2.24, 2.45) is 0 Å². The van der Waals surface area contributed by atoms with E-state index in [0.29, 0.717) is 29.7 Å². The van der Waals surface area contributed by atoms with Crippen LogP contribution in [0.3, 0.4) is 0 Å². The monoisotopic (exact) mass is 293 g/mol. The lowest BCUT2D eigenvalue weighted by atomic mass is 10.1. The Morgan fingerprint density at radius 2 is 2.29 bits per heavy atom. The molecule has 0 saturated carbocycles. The van der Waals surface area contributed by atoms with Gasteiger partial charge in [-0.2, -0.15) is 0 Å². The molecule has 0 spiro atoms. The van der Waals surface area contributed by atoms with Crippen LogP contribution in [0.1, 0.15) is 10.4 Å². The first-order valence-electron chi connectivity index (χ1n) is 6.97. The average molecular weight is 293 g/mol. The molecule has 116 valence electrons. The van der Waals surface area contributed by atoms with Crippen molar-refractivity contribution in [2.45, 2.75) is 6.04 Å². The number of nitrogens with one attached hydrogen (secondary N) is 1. The zero-order valence-corrected chi connectivity index (χ0v) is 12.8. The van der Waals surface area contributed by atoms with E-state index in [1.165, 1.54) is 13.3 Å². The van der Waals surface area contributed by atoms with Crippen molar-refractivity contribution in [1.82, 2.24) is 14.8 Å². The quantitative estimate of drug-likeness (QED) is 0.762. The molecule has 1 fully saturated rings. The second kappa shape index (κ2) is 6.73. The van der Waals surface area contributed by atoms with Gasteiger partial charge >= 0.3 is 5.97 Å². The van der Waals surface area contributed by atoms with E-state index in [4.69, 9.17) is 10.5 Å². The summed E-state index contributed by atoms with van der Waals surface area (Å²) in [6, 6.07) is 1.95. The minimum absolute atomic E-state index is 0.365. The number of nitrogen functional groups attached to an aromatic ring is 1. The maximum atomic E-state index is 11.8. The second-order valence-corrected chi connectivity index (χ2v) is 5.43. The van der Waals surface area contributed by atoms with E-state index in [1.54, 1.807) is 6.07 Å². The fraction of sp³-hybridized carbons (Fsp3) is 0.571. The van der Waals surface area contributed by atoms with Gasteiger partial charge in [0, 0.05) is 32.2 Å². The van der Waals surface area contributed by atoms with Gasteiger partial charge in [-0.15, -0.1) is 0 Å². The van der Waals surface area contributed by atoms with Crippen LogP contribution in [0, 0.1) is 0 Å². The molecule has 0 aliphatic carbocycles. The molecule has 1 unspecified atom stereocenters. The molecule has 1 aromatic rings. The van der Waals surface area contributed by atoms with Crippen molar-refractivity contribution in [3.05, 3.63) is 17.8 Å². The van der Waals surface area contributed by atoms with Crippen LogP contribution in [0.4, 0.5) is 11.5 Å². The zero-order valence-electron chi connectivity index (χ0n) is 12.8. The number of hydrogen-bond donors (Lipinski definition) is 2. The Balaban J connectivity index is 2.07. The third-order valence-corrected chi connectivity index (χ3v) is 3.80. The highest BCUT2D eigenvalue weighted by molar-refractivity contribution is 5.95. The van der Waals surface area contributed by atoms with Gasteiger partial charge in [0.2, 0.25) is 0 Å². The number of carbonyl (C=O) groups is 1. The highest BCUT2D eigenvalue weighted by Gasteiger charge is 2.23. The molecule has 1 aliphatic rings. The van der Waals surface area contributed by atoms with Gasteiger partial charge in [-0.1, -0.05) is 0 Å². The number of esters is 1. The summed E-state index contributed by atoms with van der Waals surface area (Å²) in [6.45, 7) is 3.79. The largest absolute Gasteiger partial charge is 0.465 e. The summed E-state index contributed by atoms with van der Waals surface area (Å²) >= 11 is 0. The molecule has 1 aromatic heterocycles. The average Bonchev–Trinajstić information content (AvgIpc) is 2.48. The Bertz CT molecular complexity index is 508. The van der Waals surface area contributed by atoms with Gasteiger partial charge in [0.25, 0.3) is 0 Å². The molecular formula is C14H23N5O2. The minimum Gasteiger partial charge on any atom is -0.465 e. The summed E-state index contributed by atoms with van der Waals surface area (Å²) in [6.07, 6.45) is 1.53. The van der Waals surface area contributed by atoms with Crippen LogP contribution in [-0.2, 0) is 4.74 Å². The third kappa shape index (κ3) is 3.83. The Kier molecular flexibility index (Phi) is 4.98. The number of hydrogen-bond acceptors (Lipinski definition) is 7. The van der Waals surface area contributed by atoms with Crippen LogP contribution in [0.15, 0.2) is 12.3 Å². The Labute approximate surface area is 125 Å². The normalized spacial score (nSPS) is 20.2. The molecule has 1 atom stereocenters. The van der Waals surface area contributed by atoms with E-state index in [9.17, 15) is 4.79 Å². The van der Waals surface area contributed by atoms with E-state index in [2.05, 4.69) is 34.2 Å². The fourth-order valence-electron chi connectivity index (χ4n) is 2.42. The van der Waals surface area contributed by atoms with Crippen molar-refractivity contribution >= 4 is 17.5 Å². The lowest BCUT2D eigenvalue weighted by molar-refractivity contribution is 0.0601. The predicted molar refractivity (Wildman–Crippen MR) is 82.4 cm³/mol. The smallest absolute Gasteiger partial charge is 0.341 e. The number of rotatable bonds is 4. The highest BCUT2D eigenvalue weighted by Crippen LogP contribution is 2.17. The van der Waals surface area contributed by atoms with Crippen molar-refractivity contribution in [3.8, 4) is 0 Å². The molecule has 7 heteroatoms.